The van der Waals surface area contributed by atoms with E-state index < -0.39 is 0 Å². The smallest absolute Gasteiger partial charge is 0.268 e. The van der Waals surface area contributed by atoms with Crippen molar-refractivity contribution < 1.29 is 4.79 Å². The lowest BCUT2D eigenvalue weighted by atomic mass is 9.96. The lowest BCUT2D eigenvalue weighted by molar-refractivity contribution is -0.134. The molecule has 0 saturated carbocycles. The van der Waals surface area contributed by atoms with Gasteiger partial charge < -0.3 is 9.80 Å². The minimum atomic E-state index is -0.111. The van der Waals surface area contributed by atoms with Gasteiger partial charge in [-0.05, 0) is 25.7 Å². The standard InChI is InChI=1S/C15H22N4O2/c1-17-14(20)9-13(10-16-17)19-8-4-5-12(11-19)15(21)18-6-2-3-7-18/h9-10,12H,2-8,11H2,1H3. The van der Waals surface area contributed by atoms with Crippen LogP contribution < -0.4 is 10.5 Å². The van der Waals surface area contributed by atoms with Gasteiger partial charge in [-0.2, -0.15) is 5.10 Å². The third-order valence-electron chi connectivity index (χ3n) is 4.51. The molecule has 1 aromatic heterocycles. The van der Waals surface area contributed by atoms with Gasteiger partial charge in [0.1, 0.15) is 0 Å². The predicted octanol–water partition coefficient (Wildman–Crippen LogP) is 0.619. The van der Waals surface area contributed by atoms with Crippen LogP contribution in [0.25, 0.3) is 0 Å². The van der Waals surface area contributed by atoms with Crippen molar-refractivity contribution in [3.05, 3.63) is 22.6 Å². The summed E-state index contributed by atoms with van der Waals surface area (Å²) in [4.78, 5) is 28.3. The number of hydrogen-bond donors (Lipinski definition) is 0. The first-order valence-corrected chi connectivity index (χ1v) is 7.72. The fourth-order valence-corrected chi connectivity index (χ4v) is 3.24. The number of piperidine rings is 1. The molecular weight excluding hydrogens is 268 g/mol. The summed E-state index contributed by atoms with van der Waals surface area (Å²) in [6.07, 6.45) is 5.90. The number of carbonyl (C=O) groups is 1. The van der Waals surface area contributed by atoms with E-state index in [9.17, 15) is 9.59 Å². The summed E-state index contributed by atoms with van der Waals surface area (Å²) in [5, 5.41) is 4.07. The number of aromatic nitrogens is 2. The van der Waals surface area contributed by atoms with E-state index in [1.165, 1.54) is 4.68 Å². The van der Waals surface area contributed by atoms with Crippen LogP contribution in [-0.2, 0) is 11.8 Å². The molecule has 0 bridgehead atoms. The molecular formula is C15H22N4O2. The predicted molar refractivity (Wildman–Crippen MR) is 80.2 cm³/mol. The van der Waals surface area contributed by atoms with Crippen molar-refractivity contribution in [2.24, 2.45) is 13.0 Å². The van der Waals surface area contributed by atoms with E-state index in [0.717, 1.165) is 51.0 Å². The number of aryl methyl sites for hydroxylation is 1. The summed E-state index contributed by atoms with van der Waals surface area (Å²) in [6, 6.07) is 1.61. The van der Waals surface area contributed by atoms with Gasteiger partial charge in [0.05, 0.1) is 17.8 Å². The lowest BCUT2D eigenvalue weighted by Crippen LogP contribution is -2.44. The molecule has 2 fully saturated rings. The second kappa shape index (κ2) is 5.87. The molecule has 2 aliphatic rings. The maximum atomic E-state index is 12.5. The zero-order chi connectivity index (χ0) is 14.8. The second-order valence-electron chi connectivity index (χ2n) is 5.99. The van der Waals surface area contributed by atoms with Gasteiger partial charge in [0.15, 0.2) is 0 Å². The Morgan fingerprint density at radius 1 is 1.24 bits per heavy atom. The molecule has 6 heteroatoms. The van der Waals surface area contributed by atoms with Gasteiger partial charge in [-0.25, -0.2) is 4.68 Å². The van der Waals surface area contributed by atoms with Crippen LogP contribution in [0, 0.1) is 5.92 Å². The molecule has 1 amide bonds. The van der Waals surface area contributed by atoms with Crippen molar-refractivity contribution in [2.45, 2.75) is 25.7 Å². The molecule has 1 unspecified atom stereocenters. The highest BCUT2D eigenvalue weighted by Gasteiger charge is 2.30. The zero-order valence-corrected chi connectivity index (χ0v) is 12.5. The van der Waals surface area contributed by atoms with E-state index in [1.807, 2.05) is 4.90 Å². The number of anilines is 1. The third kappa shape index (κ3) is 2.94. The van der Waals surface area contributed by atoms with Crippen molar-refractivity contribution in [3.63, 3.8) is 0 Å². The number of hydrogen-bond acceptors (Lipinski definition) is 4. The summed E-state index contributed by atoms with van der Waals surface area (Å²) >= 11 is 0. The highest BCUT2D eigenvalue weighted by Crippen LogP contribution is 2.24. The monoisotopic (exact) mass is 290 g/mol. The molecule has 0 N–H and O–H groups in total. The molecule has 0 spiro atoms. The Bertz CT molecular complexity index is 577. The van der Waals surface area contributed by atoms with Crippen molar-refractivity contribution in [1.29, 1.82) is 0 Å². The average molecular weight is 290 g/mol. The molecule has 1 atom stereocenters. The van der Waals surface area contributed by atoms with E-state index in [0.29, 0.717) is 6.54 Å². The first kappa shape index (κ1) is 14.1. The molecule has 0 radical (unpaired) electrons. The van der Waals surface area contributed by atoms with Gasteiger partial charge in [-0.1, -0.05) is 0 Å². The molecule has 0 aliphatic carbocycles. The van der Waals surface area contributed by atoms with Crippen LogP contribution in [0.1, 0.15) is 25.7 Å². The van der Waals surface area contributed by atoms with Gasteiger partial charge in [-0.3, -0.25) is 9.59 Å². The molecule has 1 aromatic rings. The number of amides is 1. The van der Waals surface area contributed by atoms with Crippen LogP contribution in [0.15, 0.2) is 17.1 Å². The van der Waals surface area contributed by atoms with Crippen molar-refractivity contribution in [2.75, 3.05) is 31.1 Å². The van der Waals surface area contributed by atoms with Gasteiger partial charge in [0, 0.05) is 39.3 Å². The minimum Gasteiger partial charge on any atom is -0.369 e. The van der Waals surface area contributed by atoms with Crippen molar-refractivity contribution in [3.8, 4) is 0 Å². The molecule has 6 nitrogen and oxygen atoms in total. The Kier molecular flexibility index (Phi) is 3.94. The average Bonchev–Trinajstić information content (AvgIpc) is 3.04. The van der Waals surface area contributed by atoms with E-state index in [1.54, 1.807) is 19.3 Å². The Labute approximate surface area is 124 Å². The fourth-order valence-electron chi connectivity index (χ4n) is 3.24. The van der Waals surface area contributed by atoms with Crippen LogP contribution in [-0.4, -0.2) is 46.8 Å². The van der Waals surface area contributed by atoms with Gasteiger partial charge in [-0.15, -0.1) is 0 Å². The Hall–Kier alpha value is -1.85. The number of rotatable bonds is 2. The lowest BCUT2D eigenvalue weighted by Gasteiger charge is -2.35. The maximum Gasteiger partial charge on any atom is 0.268 e. The van der Waals surface area contributed by atoms with Crippen LogP contribution >= 0.6 is 0 Å². The van der Waals surface area contributed by atoms with Crippen molar-refractivity contribution >= 4 is 11.6 Å². The molecule has 0 aromatic carbocycles. The second-order valence-corrected chi connectivity index (χ2v) is 5.99. The summed E-state index contributed by atoms with van der Waals surface area (Å²) < 4.78 is 1.32. The highest BCUT2D eigenvalue weighted by atomic mass is 16.2. The van der Waals surface area contributed by atoms with E-state index in [-0.39, 0.29) is 17.4 Å². The molecule has 3 rings (SSSR count). The summed E-state index contributed by atoms with van der Waals surface area (Å²) in [6.45, 7) is 3.40. The fraction of sp³-hybridized carbons (Fsp3) is 0.667. The summed E-state index contributed by atoms with van der Waals surface area (Å²) in [5.41, 5.74) is 0.720. The van der Waals surface area contributed by atoms with Gasteiger partial charge >= 0.3 is 0 Å². The van der Waals surface area contributed by atoms with E-state index in [4.69, 9.17) is 0 Å². The molecule has 114 valence electrons. The Balaban J connectivity index is 1.71. The van der Waals surface area contributed by atoms with E-state index in [2.05, 4.69) is 10.00 Å². The molecule has 2 saturated heterocycles. The molecule has 21 heavy (non-hydrogen) atoms. The van der Waals surface area contributed by atoms with Crippen molar-refractivity contribution in [1.82, 2.24) is 14.7 Å². The number of nitrogens with zero attached hydrogens (tertiary/aromatic N) is 4. The maximum absolute atomic E-state index is 12.5. The van der Waals surface area contributed by atoms with Gasteiger partial charge in [0.25, 0.3) is 5.56 Å². The normalized spacial score (nSPS) is 22.6. The molecule has 2 aliphatic heterocycles. The SMILES string of the molecule is Cn1ncc(N2CCCC(C(=O)N3CCCC3)C2)cc1=O. The minimum absolute atomic E-state index is 0.0564. The molecule has 3 heterocycles. The van der Waals surface area contributed by atoms with E-state index >= 15 is 0 Å². The zero-order valence-electron chi connectivity index (χ0n) is 12.5. The van der Waals surface area contributed by atoms with Crippen LogP contribution in [0.5, 0.6) is 0 Å². The quantitative estimate of drug-likeness (QED) is 0.801. The number of likely N-dealkylation sites (tertiary alicyclic amines) is 1. The Morgan fingerprint density at radius 2 is 2.00 bits per heavy atom. The summed E-state index contributed by atoms with van der Waals surface area (Å²) in [7, 11) is 1.64. The van der Waals surface area contributed by atoms with Crippen LogP contribution in [0.4, 0.5) is 5.69 Å². The third-order valence-corrected chi connectivity index (χ3v) is 4.51. The first-order valence-electron chi connectivity index (χ1n) is 7.72. The van der Waals surface area contributed by atoms with Crippen LogP contribution in [0.3, 0.4) is 0 Å². The first-order chi connectivity index (χ1) is 10.1. The summed E-state index contributed by atoms with van der Waals surface area (Å²) in [5.74, 6) is 0.343. The highest BCUT2D eigenvalue weighted by molar-refractivity contribution is 5.80. The topological polar surface area (TPSA) is 58.4 Å². The number of carbonyl (C=O) groups excluding carboxylic acids is 1. The van der Waals surface area contributed by atoms with Gasteiger partial charge in [0.2, 0.25) is 5.91 Å². The van der Waals surface area contributed by atoms with Crippen LogP contribution in [0.2, 0.25) is 0 Å². The Morgan fingerprint density at radius 3 is 2.71 bits per heavy atom. The largest absolute Gasteiger partial charge is 0.369 e.